The van der Waals surface area contributed by atoms with E-state index in [1.165, 1.54) is 11.8 Å². The fourth-order valence-electron chi connectivity index (χ4n) is 2.06. The summed E-state index contributed by atoms with van der Waals surface area (Å²) in [6, 6.07) is 6.34. The molecule has 1 N–H and O–H groups in total. The lowest BCUT2D eigenvalue weighted by Gasteiger charge is -2.06. The van der Waals surface area contributed by atoms with Crippen LogP contribution in [0, 0.1) is 0 Å². The van der Waals surface area contributed by atoms with Crippen LogP contribution in [0.2, 0.25) is 0 Å². The van der Waals surface area contributed by atoms with Crippen molar-refractivity contribution in [1.29, 1.82) is 0 Å². The molecule has 0 saturated heterocycles. The Morgan fingerprint density at radius 2 is 2.00 bits per heavy atom. The van der Waals surface area contributed by atoms with Gasteiger partial charge in [0, 0.05) is 23.4 Å². The standard InChI is InChI=1S/C14H19NO2S/c1-10(2)11-4-5-14-13(8-11)12(9-15-14)6-7-18(3,16)17/h4-5,8-10,15H,6-7H2,1-3H3. The van der Waals surface area contributed by atoms with Gasteiger partial charge in [0.1, 0.15) is 9.84 Å². The topological polar surface area (TPSA) is 49.9 Å². The number of sulfone groups is 1. The van der Waals surface area contributed by atoms with Gasteiger partial charge in [-0.1, -0.05) is 19.9 Å². The Morgan fingerprint density at radius 3 is 2.61 bits per heavy atom. The van der Waals surface area contributed by atoms with E-state index in [1.54, 1.807) is 0 Å². The van der Waals surface area contributed by atoms with Gasteiger partial charge < -0.3 is 4.98 Å². The van der Waals surface area contributed by atoms with Gasteiger partial charge in [0.05, 0.1) is 5.75 Å². The molecule has 4 heteroatoms. The maximum absolute atomic E-state index is 11.2. The van der Waals surface area contributed by atoms with Crippen LogP contribution in [0.5, 0.6) is 0 Å². The second-order valence-corrected chi connectivity index (χ2v) is 7.41. The zero-order valence-corrected chi connectivity index (χ0v) is 11.8. The third kappa shape index (κ3) is 2.93. The summed E-state index contributed by atoms with van der Waals surface area (Å²) in [6.07, 6.45) is 3.77. The van der Waals surface area contributed by atoms with Gasteiger partial charge in [-0.2, -0.15) is 0 Å². The van der Waals surface area contributed by atoms with E-state index in [2.05, 4.69) is 37.0 Å². The summed E-state index contributed by atoms with van der Waals surface area (Å²) in [5.74, 6) is 0.679. The summed E-state index contributed by atoms with van der Waals surface area (Å²) in [4.78, 5) is 3.20. The summed E-state index contributed by atoms with van der Waals surface area (Å²) in [5.41, 5.74) is 3.43. The monoisotopic (exact) mass is 265 g/mol. The van der Waals surface area contributed by atoms with Gasteiger partial charge in [0.2, 0.25) is 0 Å². The summed E-state index contributed by atoms with van der Waals surface area (Å²) in [6.45, 7) is 4.31. The molecule has 0 aliphatic heterocycles. The van der Waals surface area contributed by atoms with Crippen molar-refractivity contribution < 1.29 is 8.42 Å². The molecule has 0 bridgehead atoms. The highest BCUT2D eigenvalue weighted by Crippen LogP contribution is 2.24. The number of benzene rings is 1. The van der Waals surface area contributed by atoms with Crippen molar-refractivity contribution in [3.8, 4) is 0 Å². The van der Waals surface area contributed by atoms with Crippen molar-refractivity contribution in [3.63, 3.8) is 0 Å². The molecule has 18 heavy (non-hydrogen) atoms. The van der Waals surface area contributed by atoms with Crippen molar-refractivity contribution in [3.05, 3.63) is 35.5 Å². The molecule has 3 nitrogen and oxygen atoms in total. The van der Waals surface area contributed by atoms with Crippen molar-refractivity contribution in [2.24, 2.45) is 0 Å². The fourth-order valence-corrected chi connectivity index (χ4v) is 2.65. The molecule has 0 unspecified atom stereocenters. The highest BCUT2D eigenvalue weighted by molar-refractivity contribution is 7.90. The fraction of sp³-hybridized carbons (Fsp3) is 0.429. The Morgan fingerprint density at radius 1 is 1.28 bits per heavy atom. The average molecular weight is 265 g/mol. The molecule has 1 heterocycles. The molecular weight excluding hydrogens is 246 g/mol. The molecule has 0 amide bonds. The first-order valence-electron chi connectivity index (χ1n) is 6.14. The molecule has 98 valence electrons. The first-order chi connectivity index (χ1) is 8.37. The number of hydrogen-bond acceptors (Lipinski definition) is 2. The van der Waals surface area contributed by atoms with Gasteiger partial charge in [0.15, 0.2) is 0 Å². The van der Waals surface area contributed by atoms with Crippen LogP contribution in [0.1, 0.15) is 30.9 Å². The zero-order chi connectivity index (χ0) is 13.3. The number of fused-ring (bicyclic) bond motifs is 1. The Bertz CT molecular complexity index is 653. The molecule has 0 fully saturated rings. The van der Waals surface area contributed by atoms with E-state index in [9.17, 15) is 8.42 Å². The van der Waals surface area contributed by atoms with Crippen LogP contribution in [0.4, 0.5) is 0 Å². The lowest BCUT2D eigenvalue weighted by atomic mass is 10.00. The molecule has 0 aliphatic carbocycles. The van der Waals surface area contributed by atoms with Crippen molar-refractivity contribution in [1.82, 2.24) is 4.98 Å². The Labute approximate surface area is 108 Å². The maximum atomic E-state index is 11.2. The lowest BCUT2D eigenvalue weighted by molar-refractivity contribution is 0.601. The number of aryl methyl sites for hydroxylation is 1. The Balaban J connectivity index is 2.36. The van der Waals surface area contributed by atoms with Crippen LogP contribution in [0.25, 0.3) is 10.9 Å². The maximum Gasteiger partial charge on any atom is 0.147 e. The molecule has 2 rings (SSSR count). The first kappa shape index (κ1) is 13.1. The highest BCUT2D eigenvalue weighted by atomic mass is 32.2. The smallest absolute Gasteiger partial charge is 0.147 e. The van der Waals surface area contributed by atoms with Crippen LogP contribution >= 0.6 is 0 Å². The molecule has 1 aromatic carbocycles. The van der Waals surface area contributed by atoms with Gasteiger partial charge in [0.25, 0.3) is 0 Å². The minimum absolute atomic E-state index is 0.200. The van der Waals surface area contributed by atoms with E-state index in [-0.39, 0.29) is 5.75 Å². The van der Waals surface area contributed by atoms with Crippen LogP contribution in [0.3, 0.4) is 0 Å². The predicted octanol–water partition coefficient (Wildman–Crippen LogP) is 2.88. The molecule has 2 aromatic rings. The van der Waals surface area contributed by atoms with E-state index in [1.807, 2.05) is 6.20 Å². The number of H-pyrrole nitrogens is 1. The lowest BCUT2D eigenvalue weighted by Crippen LogP contribution is -2.05. The van der Waals surface area contributed by atoms with E-state index in [4.69, 9.17) is 0 Å². The van der Waals surface area contributed by atoms with Gasteiger partial charge in [-0.15, -0.1) is 0 Å². The normalized spacial score (nSPS) is 12.4. The van der Waals surface area contributed by atoms with Crippen molar-refractivity contribution in [2.45, 2.75) is 26.2 Å². The third-order valence-electron chi connectivity index (χ3n) is 3.20. The summed E-state index contributed by atoms with van der Waals surface area (Å²) in [5, 5.41) is 1.14. The van der Waals surface area contributed by atoms with E-state index >= 15 is 0 Å². The Kier molecular flexibility index (Phi) is 3.48. The number of aromatic nitrogens is 1. The number of hydrogen-bond donors (Lipinski definition) is 1. The quantitative estimate of drug-likeness (QED) is 0.924. The number of rotatable bonds is 4. The van der Waals surface area contributed by atoms with Crippen molar-refractivity contribution in [2.75, 3.05) is 12.0 Å². The summed E-state index contributed by atoms with van der Waals surface area (Å²) in [7, 11) is -2.91. The van der Waals surface area contributed by atoms with Gasteiger partial charge in [-0.05, 0) is 35.6 Å². The summed E-state index contributed by atoms with van der Waals surface area (Å²) < 4.78 is 22.5. The van der Waals surface area contributed by atoms with E-state index in [0.717, 1.165) is 16.5 Å². The van der Waals surface area contributed by atoms with Crippen LogP contribution in [-0.2, 0) is 16.3 Å². The molecule has 0 spiro atoms. The van der Waals surface area contributed by atoms with Crippen LogP contribution < -0.4 is 0 Å². The average Bonchev–Trinajstić information content (AvgIpc) is 2.67. The zero-order valence-electron chi connectivity index (χ0n) is 11.0. The molecular formula is C14H19NO2S. The minimum atomic E-state index is -2.91. The number of aromatic amines is 1. The highest BCUT2D eigenvalue weighted by Gasteiger charge is 2.09. The molecule has 0 radical (unpaired) electrons. The van der Waals surface area contributed by atoms with Gasteiger partial charge in [-0.3, -0.25) is 0 Å². The second kappa shape index (κ2) is 4.76. The third-order valence-corrected chi connectivity index (χ3v) is 4.15. The van der Waals surface area contributed by atoms with Crippen LogP contribution in [-0.4, -0.2) is 25.4 Å². The van der Waals surface area contributed by atoms with Gasteiger partial charge in [-0.25, -0.2) is 8.42 Å². The molecule has 0 saturated carbocycles. The minimum Gasteiger partial charge on any atom is -0.361 e. The van der Waals surface area contributed by atoms with E-state index < -0.39 is 9.84 Å². The Hall–Kier alpha value is -1.29. The molecule has 0 aliphatic rings. The largest absolute Gasteiger partial charge is 0.361 e. The predicted molar refractivity (Wildman–Crippen MR) is 75.8 cm³/mol. The summed E-state index contributed by atoms with van der Waals surface area (Å²) >= 11 is 0. The van der Waals surface area contributed by atoms with Crippen LogP contribution in [0.15, 0.2) is 24.4 Å². The number of nitrogens with one attached hydrogen (secondary N) is 1. The second-order valence-electron chi connectivity index (χ2n) is 5.15. The first-order valence-corrected chi connectivity index (χ1v) is 8.20. The van der Waals surface area contributed by atoms with Gasteiger partial charge >= 0.3 is 0 Å². The SMILES string of the molecule is CC(C)c1ccc2[nH]cc(CCS(C)(=O)=O)c2c1. The molecule has 1 aromatic heterocycles. The van der Waals surface area contributed by atoms with Crippen molar-refractivity contribution >= 4 is 20.7 Å². The van der Waals surface area contributed by atoms with E-state index in [0.29, 0.717) is 12.3 Å². The molecule has 0 atom stereocenters.